The van der Waals surface area contributed by atoms with Crippen LogP contribution in [0.3, 0.4) is 0 Å². The number of hydrogen-bond acceptors (Lipinski definition) is 6. The molecule has 2 amide bonds. The molecule has 9 nitrogen and oxygen atoms in total. The van der Waals surface area contributed by atoms with Crippen molar-refractivity contribution in [3.63, 3.8) is 0 Å². The molecule has 2 fully saturated rings. The van der Waals surface area contributed by atoms with E-state index in [0.29, 0.717) is 34.1 Å². The number of benzene rings is 1. The van der Waals surface area contributed by atoms with Gasteiger partial charge in [-0.1, -0.05) is 30.1 Å². The summed E-state index contributed by atoms with van der Waals surface area (Å²) in [6, 6.07) is 5.04. The SMILES string of the molecule is Cc1nnc([C@]23C[C@H](C)C[C@H](C2)N3C(=O)Nc2ccc(Cl)c(-n3ncc(Cl)n3)c2)o1. The Hall–Kier alpha value is -2.65. The van der Waals surface area contributed by atoms with Gasteiger partial charge >= 0.3 is 6.03 Å². The van der Waals surface area contributed by atoms with Gasteiger partial charge in [-0.25, -0.2) is 4.79 Å². The monoisotopic (exact) mass is 447 g/mol. The van der Waals surface area contributed by atoms with Gasteiger partial charge < -0.3 is 14.6 Å². The normalized spacial score (nSPS) is 25.1. The zero-order chi connectivity index (χ0) is 21.0. The summed E-state index contributed by atoms with van der Waals surface area (Å²) in [5.41, 5.74) is 0.531. The summed E-state index contributed by atoms with van der Waals surface area (Å²) in [7, 11) is 0. The molecule has 1 aliphatic heterocycles. The minimum atomic E-state index is -0.556. The largest absolute Gasteiger partial charge is 0.423 e. The summed E-state index contributed by atoms with van der Waals surface area (Å²) >= 11 is 12.1. The van der Waals surface area contributed by atoms with Crippen molar-refractivity contribution in [3.05, 3.63) is 46.4 Å². The van der Waals surface area contributed by atoms with Crippen LogP contribution in [0.4, 0.5) is 10.5 Å². The fourth-order valence-corrected chi connectivity index (χ4v) is 5.03. The number of urea groups is 1. The lowest BCUT2D eigenvalue weighted by atomic mass is 9.64. The van der Waals surface area contributed by atoms with Gasteiger partial charge in [0.05, 0.1) is 11.2 Å². The maximum atomic E-state index is 13.3. The van der Waals surface area contributed by atoms with E-state index in [0.717, 1.165) is 19.3 Å². The summed E-state index contributed by atoms with van der Waals surface area (Å²) in [6.07, 6.45) is 3.99. The van der Waals surface area contributed by atoms with E-state index in [2.05, 4.69) is 32.6 Å². The van der Waals surface area contributed by atoms with E-state index >= 15 is 0 Å². The highest BCUT2D eigenvalue weighted by Gasteiger charge is 2.62. The number of nitrogens with one attached hydrogen (secondary N) is 1. The Morgan fingerprint density at radius 1 is 1.30 bits per heavy atom. The molecule has 1 aromatic carbocycles. The minimum Gasteiger partial charge on any atom is -0.423 e. The third-order valence-electron chi connectivity index (χ3n) is 5.78. The second-order valence-corrected chi connectivity index (χ2v) is 8.78. The average molecular weight is 448 g/mol. The van der Waals surface area contributed by atoms with E-state index in [9.17, 15) is 4.79 Å². The molecule has 1 N–H and O–H groups in total. The van der Waals surface area contributed by atoms with Gasteiger partial charge in [0.1, 0.15) is 11.2 Å². The molecule has 1 saturated heterocycles. The molecule has 2 aromatic heterocycles. The number of nitrogens with zero attached hydrogens (tertiary/aromatic N) is 6. The first-order chi connectivity index (χ1) is 14.4. The Bertz CT molecular complexity index is 1130. The lowest BCUT2D eigenvalue weighted by Gasteiger charge is -2.61. The molecule has 156 valence electrons. The van der Waals surface area contributed by atoms with Crippen molar-refractivity contribution in [2.45, 2.75) is 44.7 Å². The van der Waals surface area contributed by atoms with Crippen LogP contribution in [0.1, 0.15) is 38.0 Å². The van der Waals surface area contributed by atoms with E-state index < -0.39 is 5.54 Å². The van der Waals surface area contributed by atoms with Crippen LogP contribution < -0.4 is 5.32 Å². The lowest BCUT2D eigenvalue weighted by Crippen LogP contribution is -2.70. The Labute approximate surface area is 182 Å². The molecule has 0 spiro atoms. The second-order valence-electron chi connectivity index (χ2n) is 7.98. The number of halogens is 2. The molecule has 11 heteroatoms. The van der Waals surface area contributed by atoms with Gasteiger partial charge in [-0.05, 0) is 37.0 Å². The topological polar surface area (TPSA) is 102 Å². The van der Waals surface area contributed by atoms with Crippen LogP contribution in [0.25, 0.3) is 5.69 Å². The van der Waals surface area contributed by atoms with E-state index in [-0.39, 0.29) is 17.2 Å². The number of likely N-dealkylation sites (tertiary alicyclic amines) is 1. The van der Waals surface area contributed by atoms with Gasteiger partial charge in [0, 0.05) is 25.1 Å². The van der Waals surface area contributed by atoms with Crippen molar-refractivity contribution in [2.75, 3.05) is 5.32 Å². The number of aromatic nitrogens is 5. The molecule has 2 bridgehead atoms. The van der Waals surface area contributed by atoms with Crippen LogP contribution >= 0.6 is 23.2 Å². The summed E-state index contributed by atoms with van der Waals surface area (Å²) in [4.78, 5) is 16.4. The number of fused-ring (bicyclic) bond motifs is 2. The second kappa shape index (κ2) is 6.95. The zero-order valence-corrected chi connectivity index (χ0v) is 17.9. The highest BCUT2D eigenvalue weighted by atomic mass is 35.5. The Morgan fingerprint density at radius 2 is 2.13 bits per heavy atom. The number of carbonyl (C=O) groups excluding carboxylic acids is 1. The van der Waals surface area contributed by atoms with Crippen LogP contribution in [0.15, 0.2) is 28.8 Å². The summed E-state index contributed by atoms with van der Waals surface area (Å²) in [6.45, 7) is 3.94. The fourth-order valence-electron chi connectivity index (χ4n) is 4.72. The van der Waals surface area contributed by atoms with Gasteiger partial charge in [-0.2, -0.15) is 5.10 Å². The van der Waals surface area contributed by atoms with Gasteiger partial charge in [0.2, 0.25) is 11.8 Å². The number of amides is 2. The molecule has 3 heterocycles. The average Bonchev–Trinajstić information content (AvgIpc) is 3.31. The fraction of sp³-hybridized carbons (Fsp3) is 0.421. The quantitative estimate of drug-likeness (QED) is 0.645. The first kappa shape index (κ1) is 19.3. The maximum absolute atomic E-state index is 13.3. The number of aryl methyl sites for hydroxylation is 1. The van der Waals surface area contributed by atoms with Crippen LogP contribution in [-0.4, -0.2) is 42.2 Å². The number of piperidine rings is 1. The molecule has 1 aliphatic carbocycles. The molecule has 0 radical (unpaired) electrons. The molecule has 0 unspecified atom stereocenters. The molecule has 3 aromatic rings. The van der Waals surface area contributed by atoms with Crippen molar-refractivity contribution in [3.8, 4) is 5.69 Å². The third kappa shape index (κ3) is 3.04. The number of anilines is 1. The van der Waals surface area contributed by atoms with Gasteiger partial charge in [-0.3, -0.25) is 0 Å². The summed E-state index contributed by atoms with van der Waals surface area (Å²) in [5.74, 6) is 1.47. The van der Waals surface area contributed by atoms with Crippen molar-refractivity contribution < 1.29 is 9.21 Å². The summed E-state index contributed by atoms with van der Waals surface area (Å²) in [5, 5.41) is 20.0. The van der Waals surface area contributed by atoms with Crippen LogP contribution in [-0.2, 0) is 5.54 Å². The first-order valence-corrected chi connectivity index (χ1v) is 10.4. The van der Waals surface area contributed by atoms with Gasteiger partial charge in [0.15, 0.2) is 5.15 Å². The Kier molecular flexibility index (Phi) is 4.48. The molecular formula is C19H19Cl2N7O2. The molecule has 2 aliphatic rings. The van der Waals surface area contributed by atoms with Crippen LogP contribution in [0, 0.1) is 12.8 Å². The zero-order valence-electron chi connectivity index (χ0n) is 16.3. The number of hydrogen-bond donors (Lipinski definition) is 1. The first-order valence-electron chi connectivity index (χ1n) is 9.64. The van der Waals surface area contributed by atoms with Crippen molar-refractivity contribution >= 4 is 34.9 Å². The molecule has 1 saturated carbocycles. The predicted molar refractivity (Wildman–Crippen MR) is 110 cm³/mol. The number of rotatable bonds is 3. The van der Waals surface area contributed by atoms with E-state index in [1.54, 1.807) is 25.1 Å². The smallest absolute Gasteiger partial charge is 0.323 e. The highest BCUT2D eigenvalue weighted by molar-refractivity contribution is 6.32. The Morgan fingerprint density at radius 3 is 2.83 bits per heavy atom. The van der Waals surface area contributed by atoms with Gasteiger partial charge in [-0.15, -0.1) is 20.1 Å². The van der Waals surface area contributed by atoms with Gasteiger partial charge in [0.25, 0.3) is 0 Å². The maximum Gasteiger partial charge on any atom is 0.323 e. The van der Waals surface area contributed by atoms with Crippen molar-refractivity contribution in [1.29, 1.82) is 0 Å². The predicted octanol–water partition coefficient (Wildman–Crippen LogP) is 4.20. The highest BCUT2D eigenvalue weighted by Crippen LogP contribution is 2.55. The Balaban J connectivity index is 1.43. The molecular weight excluding hydrogens is 429 g/mol. The van der Waals surface area contributed by atoms with Crippen molar-refractivity contribution in [2.24, 2.45) is 5.92 Å². The molecule has 30 heavy (non-hydrogen) atoms. The molecule has 3 atom stereocenters. The van der Waals surface area contributed by atoms with Crippen LogP contribution in [0.5, 0.6) is 0 Å². The standard InChI is InChI=1S/C19H19Cl2N7O2/c1-10-5-13-8-19(7-10,17-25-24-11(2)30-17)27(13)18(29)23-12-3-4-14(20)15(6-12)28-22-9-16(21)26-28/h3-4,6,9-10,13H,5,7-8H2,1-2H3,(H,23,29)/t10-,13-,19+/m1/s1. The van der Waals surface area contributed by atoms with E-state index in [1.807, 2.05) is 4.90 Å². The van der Waals surface area contributed by atoms with Crippen LogP contribution in [0.2, 0.25) is 10.2 Å². The van der Waals surface area contributed by atoms with Crippen molar-refractivity contribution in [1.82, 2.24) is 30.1 Å². The molecule has 5 rings (SSSR count). The minimum absolute atomic E-state index is 0.138. The number of carbonyl (C=O) groups is 1. The third-order valence-corrected chi connectivity index (χ3v) is 6.27. The van der Waals surface area contributed by atoms with E-state index in [1.165, 1.54) is 11.0 Å². The summed E-state index contributed by atoms with van der Waals surface area (Å²) < 4.78 is 5.74. The van der Waals surface area contributed by atoms with E-state index in [4.69, 9.17) is 27.6 Å². The lowest BCUT2D eigenvalue weighted by molar-refractivity contribution is -0.110.